The van der Waals surface area contributed by atoms with Crippen LogP contribution in [0.25, 0.3) is 0 Å². The lowest BCUT2D eigenvalue weighted by atomic mass is 10.4. The van der Waals surface area contributed by atoms with Crippen molar-refractivity contribution in [3.63, 3.8) is 0 Å². The molecule has 0 aliphatic carbocycles. The van der Waals surface area contributed by atoms with E-state index in [1.165, 1.54) is 10.9 Å². The van der Waals surface area contributed by atoms with E-state index in [0.29, 0.717) is 17.7 Å². The predicted octanol–water partition coefficient (Wildman–Crippen LogP) is 0.0774. The number of aryl methyl sites for hydroxylation is 1. The van der Waals surface area contributed by atoms with Crippen molar-refractivity contribution in [2.24, 2.45) is 7.05 Å². The highest BCUT2D eigenvalue weighted by Crippen LogP contribution is 2.04. The molecule has 1 rings (SSSR count). The Kier molecular flexibility index (Phi) is 4.71. The standard InChI is InChI=1S/C5H7N3O.C2H6O/c1-8-5(6)4(3-9)2-7-8;1-3-2/h2-3H,6H2,1H3;1-2H3. The van der Waals surface area contributed by atoms with Crippen LogP contribution in [0.2, 0.25) is 0 Å². The molecule has 0 bridgehead atoms. The van der Waals surface area contributed by atoms with Gasteiger partial charge in [-0.2, -0.15) is 5.10 Å². The molecule has 5 nitrogen and oxygen atoms in total. The summed E-state index contributed by atoms with van der Waals surface area (Å²) in [6.07, 6.45) is 2.12. The van der Waals surface area contributed by atoms with E-state index in [1.807, 2.05) is 0 Å². The summed E-state index contributed by atoms with van der Waals surface area (Å²) < 4.78 is 5.70. The van der Waals surface area contributed by atoms with Crippen LogP contribution in [0.4, 0.5) is 5.82 Å². The molecule has 0 radical (unpaired) electrons. The van der Waals surface area contributed by atoms with Gasteiger partial charge in [0.05, 0.1) is 11.8 Å². The van der Waals surface area contributed by atoms with Gasteiger partial charge in [0.1, 0.15) is 5.82 Å². The Labute approximate surface area is 71.1 Å². The van der Waals surface area contributed by atoms with Gasteiger partial charge in [0.15, 0.2) is 6.29 Å². The van der Waals surface area contributed by atoms with Crippen molar-refractivity contribution >= 4 is 12.1 Å². The number of hydrogen-bond donors (Lipinski definition) is 1. The third-order valence-corrected chi connectivity index (χ3v) is 1.14. The Hall–Kier alpha value is -1.36. The van der Waals surface area contributed by atoms with Crippen molar-refractivity contribution < 1.29 is 9.53 Å². The quantitative estimate of drug-likeness (QED) is 0.607. The average Bonchev–Trinajstić information content (AvgIpc) is 2.35. The normalized spacial score (nSPS) is 8.58. The van der Waals surface area contributed by atoms with Gasteiger partial charge in [-0.1, -0.05) is 0 Å². The van der Waals surface area contributed by atoms with E-state index in [1.54, 1.807) is 21.3 Å². The van der Waals surface area contributed by atoms with Crippen LogP contribution < -0.4 is 5.73 Å². The Morgan fingerprint density at radius 3 is 2.33 bits per heavy atom. The van der Waals surface area contributed by atoms with Gasteiger partial charge in [-0.25, -0.2) is 0 Å². The van der Waals surface area contributed by atoms with Gasteiger partial charge in [0, 0.05) is 21.3 Å². The molecule has 5 heteroatoms. The zero-order valence-electron chi connectivity index (χ0n) is 7.44. The van der Waals surface area contributed by atoms with Crippen LogP contribution in [0.1, 0.15) is 10.4 Å². The molecule has 1 aromatic heterocycles. The van der Waals surface area contributed by atoms with E-state index in [2.05, 4.69) is 9.84 Å². The van der Waals surface area contributed by atoms with Crippen LogP contribution in [0.15, 0.2) is 6.20 Å². The second-order valence-corrected chi connectivity index (χ2v) is 2.13. The maximum atomic E-state index is 10.1. The van der Waals surface area contributed by atoms with Crippen LogP contribution in [0.5, 0.6) is 0 Å². The predicted molar refractivity (Wildman–Crippen MR) is 45.9 cm³/mol. The number of rotatable bonds is 1. The van der Waals surface area contributed by atoms with E-state index in [0.717, 1.165) is 0 Å². The van der Waals surface area contributed by atoms with Crippen LogP contribution in [0.3, 0.4) is 0 Å². The molecule has 0 aromatic carbocycles. The van der Waals surface area contributed by atoms with Gasteiger partial charge >= 0.3 is 0 Å². The molecule has 68 valence electrons. The summed E-state index contributed by atoms with van der Waals surface area (Å²) in [5.74, 6) is 0.407. The molecule has 0 unspecified atom stereocenters. The van der Waals surface area contributed by atoms with Gasteiger partial charge in [-0.15, -0.1) is 0 Å². The van der Waals surface area contributed by atoms with E-state index in [-0.39, 0.29) is 0 Å². The number of aldehydes is 1. The van der Waals surface area contributed by atoms with Crippen LogP contribution >= 0.6 is 0 Å². The summed E-state index contributed by atoms with van der Waals surface area (Å²) in [5.41, 5.74) is 5.82. The van der Waals surface area contributed by atoms with E-state index < -0.39 is 0 Å². The number of nitrogens with two attached hydrogens (primary N) is 1. The number of methoxy groups -OCH3 is 1. The monoisotopic (exact) mass is 171 g/mol. The van der Waals surface area contributed by atoms with Gasteiger partial charge in [0.25, 0.3) is 0 Å². The van der Waals surface area contributed by atoms with Crippen LogP contribution in [-0.4, -0.2) is 30.3 Å². The van der Waals surface area contributed by atoms with E-state index in [9.17, 15) is 4.79 Å². The Balaban J connectivity index is 0.000000354. The number of nitrogen functional groups attached to an aromatic ring is 1. The maximum absolute atomic E-state index is 10.1. The molecule has 1 heterocycles. The highest BCUT2D eigenvalue weighted by Gasteiger charge is 2.00. The number of ether oxygens (including phenoxy) is 1. The Morgan fingerprint density at radius 1 is 1.67 bits per heavy atom. The van der Waals surface area contributed by atoms with Crippen LogP contribution in [0, 0.1) is 0 Å². The minimum Gasteiger partial charge on any atom is -0.388 e. The first-order chi connectivity index (χ1) is 5.67. The lowest BCUT2D eigenvalue weighted by molar-refractivity contribution is 0.112. The molecule has 0 aliphatic heterocycles. The Morgan fingerprint density at radius 2 is 2.17 bits per heavy atom. The summed E-state index contributed by atoms with van der Waals surface area (Å²) in [6, 6.07) is 0. The molecule has 0 atom stereocenters. The second-order valence-electron chi connectivity index (χ2n) is 2.13. The van der Waals surface area contributed by atoms with Crippen molar-refractivity contribution in [2.75, 3.05) is 20.0 Å². The van der Waals surface area contributed by atoms with Crippen molar-refractivity contribution in [3.05, 3.63) is 11.8 Å². The maximum Gasteiger partial charge on any atom is 0.155 e. The minimum atomic E-state index is 0.407. The van der Waals surface area contributed by atoms with E-state index >= 15 is 0 Å². The molecule has 12 heavy (non-hydrogen) atoms. The van der Waals surface area contributed by atoms with E-state index in [4.69, 9.17) is 5.73 Å². The number of carbonyl (C=O) groups excluding carboxylic acids is 1. The molecule has 0 saturated carbocycles. The summed E-state index contributed by atoms with van der Waals surface area (Å²) in [5, 5.41) is 3.75. The van der Waals surface area contributed by atoms with Crippen molar-refractivity contribution in [3.8, 4) is 0 Å². The number of hydrogen-bond acceptors (Lipinski definition) is 4. The van der Waals surface area contributed by atoms with Gasteiger partial charge in [-0.05, 0) is 0 Å². The number of carbonyl (C=O) groups is 1. The lowest BCUT2D eigenvalue weighted by Gasteiger charge is -1.90. The second kappa shape index (κ2) is 5.31. The molecule has 2 N–H and O–H groups in total. The lowest BCUT2D eigenvalue weighted by Crippen LogP contribution is -1.98. The first-order valence-electron chi connectivity index (χ1n) is 3.30. The van der Waals surface area contributed by atoms with Gasteiger partial charge in [0.2, 0.25) is 0 Å². The zero-order chi connectivity index (χ0) is 9.56. The van der Waals surface area contributed by atoms with Gasteiger partial charge in [-0.3, -0.25) is 9.48 Å². The highest BCUT2D eigenvalue weighted by atomic mass is 16.4. The third kappa shape index (κ3) is 2.71. The summed E-state index contributed by atoms with van der Waals surface area (Å²) in [4.78, 5) is 10.1. The molecule has 0 saturated heterocycles. The number of aromatic nitrogens is 2. The fourth-order valence-electron chi connectivity index (χ4n) is 0.555. The summed E-state index contributed by atoms with van der Waals surface area (Å²) in [7, 11) is 4.93. The Bertz CT molecular complexity index is 245. The zero-order valence-corrected chi connectivity index (χ0v) is 7.44. The summed E-state index contributed by atoms with van der Waals surface area (Å²) in [6.45, 7) is 0. The first-order valence-corrected chi connectivity index (χ1v) is 3.30. The molecule has 0 amide bonds. The van der Waals surface area contributed by atoms with Crippen molar-refractivity contribution in [1.82, 2.24) is 9.78 Å². The molecular weight excluding hydrogens is 158 g/mol. The summed E-state index contributed by atoms with van der Waals surface area (Å²) >= 11 is 0. The molecule has 0 fully saturated rings. The average molecular weight is 171 g/mol. The first kappa shape index (κ1) is 10.6. The molecule has 0 spiro atoms. The van der Waals surface area contributed by atoms with Crippen molar-refractivity contribution in [1.29, 1.82) is 0 Å². The fourth-order valence-corrected chi connectivity index (χ4v) is 0.555. The van der Waals surface area contributed by atoms with Crippen LogP contribution in [-0.2, 0) is 11.8 Å². The smallest absolute Gasteiger partial charge is 0.155 e. The highest BCUT2D eigenvalue weighted by molar-refractivity contribution is 5.81. The third-order valence-electron chi connectivity index (χ3n) is 1.14. The van der Waals surface area contributed by atoms with Gasteiger partial charge < -0.3 is 10.5 Å². The fraction of sp³-hybridized carbons (Fsp3) is 0.429. The topological polar surface area (TPSA) is 70.1 Å². The SMILES string of the molecule is COC.Cn1ncc(C=O)c1N. The largest absolute Gasteiger partial charge is 0.388 e. The molecular formula is C7H13N3O2. The number of anilines is 1. The van der Waals surface area contributed by atoms with Crippen molar-refractivity contribution in [2.45, 2.75) is 0 Å². The minimum absolute atomic E-state index is 0.407. The molecule has 0 aliphatic rings. The molecule has 1 aromatic rings. The number of nitrogens with zero attached hydrogens (tertiary/aromatic N) is 2.